The van der Waals surface area contributed by atoms with E-state index in [4.69, 9.17) is 14.2 Å². The molecular formula is C52H90O6. The maximum absolute atomic E-state index is 12.7. The minimum absolute atomic E-state index is 0.0897. The van der Waals surface area contributed by atoms with Crippen molar-refractivity contribution in [1.82, 2.24) is 0 Å². The highest BCUT2D eigenvalue weighted by molar-refractivity contribution is 5.71. The van der Waals surface area contributed by atoms with Crippen molar-refractivity contribution in [2.24, 2.45) is 0 Å². The lowest BCUT2D eigenvalue weighted by atomic mass is 10.1. The maximum atomic E-state index is 12.7. The van der Waals surface area contributed by atoms with Crippen LogP contribution in [0.5, 0.6) is 0 Å². The van der Waals surface area contributed by atoms with E-state index in [2.05, 4.69) is 81.5 Å². The molecule has 0 heterocycles. The van der Waals surface area contributed by atoms with Crippen LogP contribution >= 0.6 is 0 Å². The van der Waals surface area contributed by atoms with Crippen LogP contribution in [-0.4, -0.2) is 37.2 Å². The van der Waals surface area contributed by atoms with Gasteiger partial charge in [0.25, 0.3) is 0 Å². The highest BCUT2D eigenvalue weighted by Gasteiger charge is 2.19. The van der Waals surface area contributed by atoms with E-state index >= 15 is 0 Å². The van der Waals surface area contributed by atoms with Crippen LogP contribution in [0.3, 0.4) is 0 Å². The summed E-state index contributed by atoms with van der Waals surface area (Å²) >= 11 is 0. The van der Waals surface area contributed by atoms with Crippen LogP contribution in [0.25, 0.3) is 0 Å². The second-order valence-corrected chi connectivity index (χ2v) is 16.0. The maximum Gasteiger partial charge on any atom is 0.306 e. The van der Waals surface area contributed by atoms with Gasteiger partial charge in [0.2, 0.25) is 0 Å². The molecule has 0 bridgehead atoms. The van der Waals surface area contributed by atoms with E-state index in [0.717, 1.165) is 96.3 Å². The predicted molar refractivity (Wildman–Crippen MR) is 247 cm³/mol. The Morgan fingerprint density at radius 2 is 0.707 bits per heavy atom. The van der Waals surface area contributed by atoms with Gasteiger partial charge in [-0.2, -0.15) is 0 Å². The number of carbonyl (C=O) groups excluding carboxylic acids is 3. The molecule has 6 nitrogen and oxygen atoms in total. The Labute approximate surface area is 358 Å². The Balaban J connectivity index is 4.41. The fourth-order valence-corrected chi connectivity index (χ4v) is 6.59. The Bertz CT molecular complexity index is 1070. The first-order valence-electron chi connectivity index (χ1n) is 24.3. The minimum Gasteiger partial charge on any atom is -0.462 e. The standard InChI is InChI=1S/C52H90O6/c1-4-7-10-13-16-19-22-24-25-26-28-30-33-36-39-42-45-51(54)57-48-49(47-56-50(53)44-41-38-35-32-29-21-18-15-12-9-6-3)58-52(55)46-43-40-37-34-31-27-23-20-17-14-11-8-5-2/h8,11,14-15,17-18,20,23,25-26,49H,4-7,9-10,12-13,16,19,21-22,24,27-48H2,1-3H3/b11-8-,17-14-,18-15-,23-20-,26-25-. The zero-order valence-corrected chi connectivity index (χ0v) is 38.0. The molecule has 1 atom stereocenters. The number of unbranched alkanes of at least 4 members (excludes halogenated alkanes) is 24. The van der Waals surface area contributed by atoms with E-state index in [0.29, 0.717) is 19.3 Å². The number of rotatable bonds is 43. The number of esters is 3. The third-order valence-electron chi connectivity index (χ3n) is 10.3. The van der Waals surface area contributed by atoms with E-state index in [9.17, 15) is 14.4 Å². The van der Waals surface area contributed by atoms with Crippen LogP contribution in [0.1, 0.15) is 233 Å². The summed E-state index contributed by atoms with van der Waals surface area (Å²) in [6.07, 6.45) is 56.3. The lowest BCUT2D eigenvalue weighted by Gasteiger charge is -2.18. The van der Waals surface area contributed by atoms with Crippen LogP contribution in [0.2, 0.25) is 0 Å². The first kappa shape index (κ1) is 55.1. The second kappa shape index (κ2) is 46.8. The highest BCUT2D eigenvalue weighted by Crippen LogP contribution is 2.14. The zero-order chi connectivity index (χ0) is 42.3. The van der Waals surface area contributed by atoms with E-state index in [-0.39, 0.29) is 31.1 Å². The summed E-state index contributed by atoms with van der Waals surface area (Å²) in [4.78, 5) is 37.8. The quantitative estimate of drug-likeness (QED) is 0.0201. The Kier molecular flexibility index (Phi) is 44.5. The number of allylic oxidation sites excluding steroid dienone is 10. The fraction of sp³-hybridized carbons (Fsp3) is 0.750. The first-order valence-corrected chi connectivity index (χ1v) is 24.3. The van der Waals surface area contributed by atoms with Crippen molar-refractivity contribution in [3.8, 4) is 0 Å². The average molecular weight is 811 g/mol. The van der Waals surface area contributed by atoms with Gasteiger partial charge < -0.3 is 14.2 Å². The van der Waals surface area contributed by atoms with E-state index in [1.807, 2.05) is 0 Å². The summed E-state index contributed by atoms with van der Waals surface area (Å²) < 4.78 is 16.7. The number of hydrogen-bond acceptors (Lipinski definition) is 6. The Morgan fingerprint density at radius 1 is 0.362 bits per heavy atom. The molecule has 334 valence electrons. The molecule has 0 rings (SSSR count). The summed E-state index contributed by atoms with van der Waals surface area (Å²) in [5.74, 6) is -0.929. The van der Waals surface area contributed by atoms with Gasteiger partial charge in [-0.3, -0.25) is 14.4 Å². The normalized spacial score (nSPS) is 12.5. The van der Waals surface area contributed by atoms with Crippen LogP contribution in [0.15, 0.2) is 60.8 Å². The molecule has 0 spiro atoms. The highest BCUT2D eigenvalue weighted by atomic mass is 16.6. The molecule has 0 N–H and O–H groups in total. The molecule has 0 aromatic rings. The molecular weight excluding hydrogens is 721 g/mol. The summed E-state index contributed by atoms with van der Waals surface area (Å²) in [6, 6.07) is 0. The summed E-state index contributed by atoms with van der Waals surface area (Å²) in [6.45, 7) is 6.43. The van der Waals surface area contributed by atoms with Gasteiger partial charge in [-0.15, -0.1) is 0 Å². The SMILES string of the molecule is CC\C=C/C=C\C=C/CCCCCCCC(=O)OC(COC(=O)CCCCCCC/C=C\CCCC)COC(=O)CCCCCCC/C=C\CCCCCCCCC. The molecule has 0 saturated heterocycles. The molecule has 1 unspecified atom stereocenters. The van der Waals surface area contributed by atoms with Crippen LogP contribution in [0, 0.1) is 0 Å². The smallest absolute Gasteiger partial charge is 0.306 e. The lowest BCUT2D eigenvalue weighted by molar-refractivity contribution is -0.167. The van der Waals surface area contributed by atoms with Gasteiger partial charge in [-0.05, 0) is 83.5 Å². The molecule has 0 radical (unpaired) electrons. The average Bonchev–Trinajstić information content (AvgIpc) is 3.22. The molecule has 58 heavy (non-hydrogen) atoms. The molecule has 0 saturated carbocycles. The molecule has 0 fully saturated rings. The summed E-state index contributed by atoms with van der Waals surface area (Å²) in [7, 11) is 0. The molecule has 6 heteroatoms. The Morgan fingerprint density at radius 3 is 1.14 bits per heavy atom. The summed E-state index contributed by atoms with van der Waals surface area (Å²) in [5.41, 5.74) is 0. The minimum atomic E-state index is -0.789. The van der Waals surface area contributed by atoms with Gasteiger partial charge in [0.05, 0.1) is 0 Å². The largest absolute Gasteiger partial charge is 0.462 e. The van der Waals surface area contributed by atoms with E-state index < -0.39 is 6.10 Å². The fourth-order valence-electron chi connectivity index (χ4n) is 6.59. The zero-order valence-electron chi connectivity index (χ0n) is 38.0. The van der Waals surface area contributed by atoms with Crippen molar-refractivity contribution in [3.63, 3.8) is 0 Å². The number of ether oxygens (including phenoxy) is 3. The topological polar surface area (TPSA) is 78.9 Å². The van der Waals surface area contributed by atoms with E-state index in [1.54, 1.807) is 0 Å². The molecule has 0 aliphatic rings. The molecule has 0 aliphatic heterocycles. The van der Waals surface area contributed by atoms with Crippen molar-refractivity contribution in [2.45, 2.75) is 239 Å². The molecule has 0 amide bonds. The van der Waals surface area contributed by atoms with Crippen molar-refractivity contribution in [2.75, 3.05) is 13.2 Å². The summed E-state index contributed by atoms with van der Waals surface area (Å²) in [5, 5.41) is 0. The van der Waals surface area contributed by atoms with Gasteiger partial charge in [0.15, 0.2) is 6.10 Å². The molecule has 0 aliphatic carbocycles. The van der Waals surface area contributed by atoms with Gasteiger partial charge >= 0.3 is 17.9 Å². The second-order valence-electron chi connectivity index (χ2n) is 16.0. The van der Waals surface area contributed by atoms with Crippen molar-refractivity contribution >= 4 is 17.9 Å². The third kappa shape index (κ3) is 44.2. The van der Waals surface area contributed by atoms with Gasteiger partial charge in [-0.1, -0.05) is 191 Å². The van der Waals surface area contributed by atoms with Crippen molar-refractivity contribution in [1.29, 1.82) is 0 Å². The first-order chi connectivity index (χ1) is 28.5. The molecule has 0 aromatic carbocycles. The van der Waals surface area contributed by atoms with Crippen LogP contribution in [0.4, 0.5) is 0 Å². The number of hydrogen-bond donors (Lipinski definition) is 0. The van der Waals surface area contributed by atoms with Gasteiger partial charge in [-0.25, -0.2) is 0 Å². The van der Waals surface area contributed by atoms with Gasteiger partial charge in [0, 0.05) is 19.3 Å². The monoisotopic (exact) mass is 811 g/mol. The third-order valence-corrected chi connectivity index (χ3v) is 10.3. The Hall–Kier alpha value is -2.89. The van der Waals surface area contributed by atoms with Gasteiger partial charge in [0.1, 0.15) is 13.2 Å². The lowest BCUT2D eigenvalue weighted by Crippen LogP contribution is -2.30. The molecule has 0 aromatic heterocycles. The predicted octanol–water partition coefficient (Wildman–Crippen LogP) is 15.7. The number of carbonyl (C=O) groups is 3. The van der Waals surface area contributed by atoms with E-state index in [1.165, 1.54) is 96.3 Å². The van der Waals surface area contributed by atoms with Crippen molar-refractivity contribution in [3.05, 3.63) is 60.8 Å². The van der Waals surface area contributed by atoms with Crippen molar-refractivity contribution < 1.29 is 28.6 Å². The van der Waals surface area contributed by atoms with Crippen LogP contribution in [-0.2, 0) is 28.6 Å². The van der Waals surface area contributed by atoms with Crippen LogP contribution < -0.4 is 0 Å².